The maximum absolute atomic E-state index is 6.55. The highest BCUT2D eigenvalue weighted by Gasteiger charge is 2.33. The number of para-hydroxylation sites is 1. The van der Waals surface area contributed by atoms with E-state index in [1.807, 2.05) is 30.3 Å². The summed E-state index contributed by atoms with van der Waals surface area (Å²) in [6.45, 7) is 10.8. The molecule has 4 nitrogen and oxygen atoms in total. The van der Waals surface area contributed by atoms with E-state index >= 15 is 0 Å². The van der Waals surface area contributed by atoms with Gasteiger partial charge in [-0.05, 0) is 54.7 Å². The van der Waals surface area contributed by atoms with Gasteiger partial charge in [0, 0.05) is 16.7 Å². The van der Waals surface area contributed by atoms with Gasteiger partial charge in [-0.15, -0.1) is 0 Å². The van der Waals surface area contributed by atoms with Gasteiger partial charge in [0.05, 0.1) is 5.69 Å². The van der Waals surface area contributed by atoms with Gasteiger partial charge in [-0.2, -0.15) is 0 Å². The van der Waals surface area contributed by atoms with Crippen molar-refractivity contribution in [1.29, 1.82) is 0 Å². The molecule has 29 heavy (non-hydrogen) atoms. The summed E-state index contributed by atoms with van der Waals surface area (Å²) in [5.41, 5.74) is 11.9. The lowest BCUT2D eigenvalue weighted by Gasteiger charge is -2.28. The molecule has 2 N–H and O–H groups in total. The Morgan fingerprint density at radius 2 is 1.79 bits per heavy atom. The van der Waals surface area contributed by atoms with Gasteiger partial charge in [0.1, 0.15) is 16.9 Å². The van der Waals surface area contributed by atoms with Crippen molar-refractivity contribution in [2.75, 3.05) is 4.90 Å². The van der Waals surface area contributed by atoms with Crippen molar-refractivity contribution in [2.24, 2.45) is 5.73 Å². The van der Waals surface area contributed by atoms with Crippen molar-refractivity contribution in [1.82, 2.24) is 4.98 Å². The van der Waals surface area contributed by atoms with E-state index in [9.17, 15) is 0 Å². The van der Waals surface area contributed by atoms with E-state index in [4.69, 9.17) is 10.5 Å². The Morgan fingerprint density at radius 1 is 1.03 bits per heavy atom. The zero-order valence-corrected chi connectivity index (χ0v) is 18.4. The molecular formula is C24H27N3OS. The first-order valence-corrected chi connectivity index (χ1v) is 10.7. The van der Waals surface area contributed by atoms with E-state index in [2.05, 4.69) is 62.7 Å². The standard InChI is InChI=1S/C24H27N3OS/c1-15-12-13-20-21(16(15)2)27(23(25)29-20)18-10-8-14-26-22(18)28-19-11-7-6-9-17(19)24(3,4)5/h6-14,23H,25H2,1-5H3. The van der Waals surface area contributed by atoms with Crippen LogP contribution in [0.3, 0.4) is 0 Å². The number of hydrogen-bond donors (Lipinski definition) is 1. The van der Waals surface area contributed by atoms with Crippen molar-refractivity contribution >= 4 is 23.1 Å². The number of pyridine rings is 1. The molecule has 0 amide bonds. The first-order chi connectivity index (χ1) is 13.8. The molecule has 0 bridgehead atoms. The SMILES string of the molecule is Cc1ccc2c(c1C)N(c1cccnc1Oc1ccccc1C(C)(C)C)C(N)S2. The van der Waals surface area contributed by atoms with E-state index in [0.717, 1.165) is 22.7 Å². The topological polar surface area (TPSA) is 51.4 Å². The number of aromatic nitrogens is 1. The number of thioether (sulfide) groups is 1. The second kappa shape index (κ2) is 7.39. The van der Waals surface area contributed by atoms with Crippen LogP contribution >= 0.6 is 11.8 Å². The molecule has 150 valence electrons. The van der Waals surface area contributed by atoms with Crippen LogP contribution < -0.4 is 15.4 Å². The third-order valence-electron chi connectivity index (χ3n) is 5.32. The molecule has 5 heteroatoms. The van der Waals surface area contributed by atoms with Crippen molar-refractivity contribution < 1.29 is 4.74 Å². The van der Waals surface area contributed by atoms with Crippen molar-refractivity contribution in [3.8, 4) is 11.6 Å². The summed E-state index contributed by atoms with van der Waals surface area (Å²) in [5.74, 6) is 1.38. The lowest BCUT2D eigenvalue weighted by Crippen LogP contribution is -2.32. The number of hydrogen-bond acceptors (Lipinski definition) is 5. The molecule has 1 atom stereocenters. The fraction of sp³-hybridized carbons (Fsp3) is 0.292. The molecule has 0 spiro atoms. The summed E-state index contributed by atoms with van der Waals surface area (Å²) in [6.07, 6.45) is 1.76. The maximum Gasteiger partial charge on any atom is 0.243 e. The van der Waals surface area contributed by atoms with Gasteiger partial charge in [0.15, 0.2) is 0 Å². The summed E-state index contributed by atoms with van der Waals surface area (Å²) < 4.78 is 6.40. The highest BCUT2D eigenvalue weighted by molar-refractivity contribution is 8.00. The minimum Gasteiger partial charge on any atom is -0.437 e. The molecule has 2 aromatic carbocycles. The fourth-order valence-corrected chi connectivity index (χ4v) is 4.76. The minimum absolute atomic E-state index is 0.0360. The molecule has 0 aliphatic carbocycles. The predicted molar refractivity (Wildman–Crippen MR) is 121 cm³/mol. The van der Waals surface area contributed by atoms with Crippen molar-refractivity contribution in [2.45, 2.75) is 50.4 Å². The Morgan fingerprint density at radius 3 is 2.55 bits per heavy atom. The Kier molecular flexibility index (Phi) is 5.05. The third-order valence-corrected chi connectivity index (χ3v) is 6.36. The van der Waals surface area contributed by atoms with Crippen LogP contribution in [0.1, 0.15) is 37.5 Å². The molecule has 4 rings (SSSR count). The van der Waals surface area contributed by atoms with Gasteiger partial charge >= 0.3 is 0 Å². The molecule has 1 aliphatic rings. The lowest BCUT2D eigenvalue weighted by molar-refractivity contribution is 0.440. The molecule has 0 radical (unpaired) electrons. The Hall–Kier alpha value is -2.50. The zero-order valence-electron chi connectivity index (χ0n) is 17.6. The van der Waals surface area contributed by atoms with Crippen LogP contribution in [0.25, 0.3) is 0 Å². The monoisotopic (exact) mass is 405 g/mol. The molecule has 1 unspecified atom stereocenters. The van der Waals surface area contributed by atoms with Crippen LogP contribution in [0.5, 0.6) is 11.6 Å². The Labute approximate surface area is 177 Å². The fourth-order valence-electron chi connectivity index (χ4n) is 3.66. The summed E-state index contributed by atoms with van der Waals surface area (Å²) >= 11 is 1.66. The first-order valence-electron chi connectivity index (χ1n) is 9.81. The summed E-state index contributed by atoms with van der Waals surface area (Å²) in [6, 6.07) is 16.4. The quantitative estimate of drug-likeness (QED) is 0.556. The van der Waals surface area contributed by atoms with Gasteiger partial charge < -0.3 is 15.4 Å². The van der Waals surface area contributed by atoms with Crippen LogP contribution in [0.2, 0.25) is 0 Å². The van der Waals surface area contributed by atoms with Gasteiger partial charge in [-0.3, -0.25) is 0 Å². The zero-order chi connectivity index (χ0) is 20.8. The molecule has 3 aromatic rings. The van der Waals surface area contributed by atoms with Crippen molar-refractivity contribution in [3.05, 3.63) is 71.4 Å². The number of benzene rings is 2. The second-order valence-corrected chi connectivity index (χ2v) is 9.57. The highest BCUT2D eigenvalue weighted by Crippen LogP contribution is 2.50. The van der Waals surface area contributed by atoms with Gasteiger partial charge in [-0.25, -0.2) is 4.98 Å². The van der Waals surface area contributed by atoms with Crippen molar-refractivity contribution in [3.63, 3.8) is 0 Å². The number of rotatable bonds is 3. The molecule has 0 fully saturated rings. The van der Waals surface area contributed by atoms with Crippen LogP contribution in [0, 0.1) is 13.8 Å². The number of anilines is 2. The van der Waals surface area contributed by atoms with Gasteiger partial charge in [0.2, 0.25) is 5.88 Å². The maximum atomic E-state index is 6.55. The van der Waals surface area contributed by atoms with Crippen LogP contribution in [0.4, 0.5) is 11.4 Å². The summed E-state index contributed by atoms with van der Waals surface area (Å²) in [7, 11) is 0. The minimum atomic E-state index is -0.227. The Bertz CT molecular complexity index is 1060. The average Bonchev–Trinajstić information content (AvgIpc) is 3.01. The summed E-state index contributed by atoms with van der Waals surface area (Å²) in [4.78, 5) is 7.90. The average molecular weight is 406 g/mol. The van der Waals surface area contributed by atoms with Crippen LogP contribution in [-0.2, 0) is 5.41 Å². The number of ether oxygens (including phenoxy) is 1. The summed E-state index contributed by atoms with van der Waals surface area (Å²) in [5, 5.41) is 0. The lowest BCUT2D eigenvalue weighted by atomic mass is 9.86. The van der Waals surface area contributed by atoms with Crippen LogP contribution in [0.15, 0.2) is 59.6 Å². The largest absolute Gasteiger partial charge is 0.437 e. The van der Waals surface area contributed by atoms with E-state index in [1.54, 1.807) is 18.0 Å². The van der Waals surface area contributed by atoms with E-state index in [-0.39, 0.29) is 10.9 Å². The predicted octanol–water partition coefficient (Wildman–Crippen LogP) is 6.27. The van der Waals surface area contributed by atoms with Crippen LogP contribution in [-0.4, -0.2) is 10.5 Å². The van der Waals surface area contributed by atoms with E-state index in [1.165, 1.54) is 16.0 Å². The number of nitrogens with two attached hydrogens (primary N) is 1. The smallest absolute Gasteiger partial charge is 0.243 e. The third kappa shape index (κ3) is 3.61. The highest BCUT2D eigenvalue weighted by atomic mass is 32.2. The van der Waals surface area contributed by atoms with E-state index in [0.29, 0.717) is 5.88 Å². The Balaban J connectivity index is 1.81. The number of aryl methyl sites for hydroxylation is 1. The second-order valence-electron chi connectivity index (χ2n) is 8.41. The molecule has 1 aliphatic heterocycles. The molecule has 2 heterocycles. The molecule has 0 saturated carbocycles. The van der Waals surface area contributed by atoms with Gasteiger partial charge in [-0.1, -0.05) is 56.8 Å². The molecule has 0 saturated heterocycles. The first kappa shape index (κ1) is 19.8. The molecular weight excluding hydrogens is 378 g/mol. The number of nitrogens with zero attached hydrogens (tertiary/aromatic N) is 2. The normalized spacial score (nSPS) is 16.1. The molecule has 1 aromatic heterocycles. The van der Waals surface area contributed by atoms with Gasteiger partial charge in [0.25, 0.3) is 0 Å². The number of fused-ring (bicyclic) bond motifs is 1. The van der Waals surface area contributed by atoms with E-state index < -0.39 is 0 Å².